The van der Waals surface area contributed by atoms with Gasteiger partial charge in [0.15, 0.2) is 5.78 Å². The van der Waals surface area contributed by atoms with Crippen LogP contribution in [0.2, 0.25) is 10.0 Å². The summed E-state index contributed by atoms with van der Waals surface area (Å²) in [5.41, 5.74) is 7.46. The van der Waals surface area contributed by atoms with Crippen molar-refractivity contribution < 1.29 is 9.21 Å². The summed E-state index contributed by atoms with van der Waals surface area (Å²) in [5.74, 6) is 0.398. The zero-order chi connectivity index (χ0) is 15.7. The number of halogens is 2. The van der Waals surface area contributed by atoms with Gasteiger partial charge in [0.1, 0.15) is 5.76 Å². The Bertz CT molecular complexity index is 821. The minimum Gasteiger partial charge on any atom is -0.440 e. The molecule has 3 rings (SSSR count). The molecule has 3 aromatic rings. The molecule has 0 saturated heterocycles. The van der Waals surface area contributed by atoms with Gasteiger partial charge in [0, 0.05) is 21.2 Å². The van der Waals surface area contributed by atoms with Gasteiger partial charge in [0.25, 0.3) is 0 Å². The largest absolute Gasteiger partial charge is 0.440 e. The van der Waals surface area contributed by atoms with E-state index in [-0.39, 0.29) is 11.7 Å². The predicted molar refractivity (Wildman–Crippen MR) is 88.5 cm³/mol. The zero-order valence-corrected chi connectivity index (χ0v) is 12.9. The zero-order valence-electron chi connectivity index (χ0n) is 11.3. The van der Waals surface area contributed by atoms with E-state index < -0.39 is 0 Å². The van der Waals surface area contributed by atoms with Crippen LogP contribution in [0.1, 0.15) is 15.9 Å². The molecule has 0 radical (unpaired) electrons. The second-order valence-corrected chi connectivity index (χ2v) is 5.60. The predicted octanol–water partition coefficient (Wildman–Crippen LogP) is 5.07. The van der Waals surface area contributed by atoms with E-state index in [4.69, 9.17) is 33.4 Å². The number of carbonyl (C=O) groups is 1. The Kier molecular flexibility index (Phi) is 3.92. The third-order valence-corrected chi connectivity index (χ3v) is 3.74. The van der Waals surface area contributed by atoms with Gasteiger partial charge in [0.05, 0.1) is 5.56 Å². The topological polar surface area (TPSA) is 56.2 Å². The lowest BCUT2D eigenvalue weighted by Crippen LogP contribution is -2.02. The van der Waals surface area contributed by atoms with Gasteiger partial charge in [-0.2, -0.15) is 0 Å². The standard InChI is InChI=1S/C17H11Cl2NO2/c18-12-5-1-10(2-6-12)15-9-14(17(20)22-15)16(21)11-3-7-13(19)8-4-11/h1-9H,20H2. The Morgan fingerprint density at radius 3 is 2.05 bits per heavy atom. The maximum Gasteiger partial charge on any atom is 0.202 e. The van der Waals surface area contributed by atoms with Crippen LogP contribution in [0.4, 0.5) is 5.88 Å². The molecule has 1 aromatic heterocycles. The minimum atomic E-state index is -0.210. The summed E-state index contributed by atoms with van der Waals surface area (Å²) in [5, 5.41) is 1.19. The molecule has 0 atom stereocenters. The van der Waals surface area contributed by atoms with Crippen LogP contribution < -0.4 is 5.73 Å². The van der Waals surface area contributed by atoms with E-state index in [9.17, 15) is 4.79 Å². The highest BCUT2D eigenvalue weighted by molar-refractivity contribution is 6.31. The maximum atomic E-state index is 12.5. The van der Waals surface area contributed by atoms with Crippen LogP contribution in [-0.4, -0.2) is 5.78 Å². The Morgan fingerprint density at radius 1 is 0.909 bits per heavy atom. The van der Waals surface area contributed by atoms with Crippen molar-refractivity contribution in [2.24, 2.45) is 0 Å². The van der Waals surface area contributed by atoms with E-state index in [1.54, 1.807) is 54.6 Å². The fourth-order valence-corrected chi connectivity index (χ4v) is 2.35. The molecule has 110 valence electrons. The molecule has 0 aliphatic heterocycles. The third kappa shape index (κ3) is 2.86. The van der Waals surface area contributed by atoms with Crippen LogP contribution in [0, 0.1) is 0 Å². The smallest absolute Gasteiger partial charge is 0.202 e. The van der Waals surface area contributed by atoms with Gasteiger partial charge < -0.3 is 10.2 Å². The molecule has 0 saturated carbocycles. The first-order chi connectivity index (χ1) is 10.5. The molecule has 3 nitrogen and oxygen atoms in total. The molecule has 0 unspecified atom stereocenters. The summed E-state index contributed by atoms with van der Waals surface area (Å²) in [6, 6.07) is 15.4. The SMILES string of the molecule is Nc1oc(-c2ccc(Cl)cc2)cc1C(=O)c1ccc(Cl)cc1. The molecule has 0 amide bonds. The van der Waals surface area contributed by atoms with E-state index in [0.717, 1.165) is 5.56 Å². The number of ketones is 1. The van der Waals surface area contributed by atoms with Crippen LogP contribution in [0.3, 0.4) is 0 Å². The summed E-state index contributed by atoms with van der Waals surface area (Å²) in [4.78, 5) is 12.5. The van der Waals surface area contributed by atoms with Crippen molar-refractivity contribution in [3.8, 4) is 11.3 Å². The molecule has 0 aliphatic carbocycles. The molecule has 0 bridgehead atoms. The van der Waals surface area contributed by atoms with Crippen molar-refractivity contribution in [3.05, 3.63) is 75.8 Å². The molecule has 0 fully saturated rings. The number of hydrogen-bond acceptors (Lipinski definition) is 3. The lowest BCUT2D eigenvalue weighted by molar-refractivity contribution is 0.103. The average Bonchev–Trinajstić information content (AvgIpc) is 2.90. The van der Waals surface area contributed by atoms with Gasteiger partial charge >= 0.3 is 0 Å². The fraction of sp³-hybridized carbons (Fsp3) is 0. The van der Waals surface area contributed by atoms with Crippen LogP contribution in [0.5, 0.6) is 0 Å². The number of nitrogens with two attached hydrogens (primary N) is 1. The highest BCUT2D eigenvalue weighted by atomic mass is 35.5. The van der Waals surface area contributed by atoms with Crippen LogP contribution in [0.25, 0.3) is 11.3 Å². The Labute approximate surface area is 137 Å². The van der Waals surface area contributed by atoms with E-state index in [1.807, 2.05) is 0 Å². The first kappa shape index (κ1) is 14.7. The second-order valence-electron chi connectivity index (χ2n) is 4.73. The van der Waals surface area contributed by atoms with Crippen molar-refractivity contribution in [3.63, 3.8) is 0 Å². The van der Waals surface area contributed by atoms with Crippen LogP contribution in [-0.2, 0) is 0 Å². The van der Waals surface area contributed by atoms with Crippen molar-refractivity contribution in [2.75, 3.05) is 5.73 Å². The van der Waals surface area contributed by atoms with E-state index in [1.165, 1.54) is 0 Å². The monoisotopic (exact) mass is 331 g/mol. The average molecular weight is 332 g/mol. The number of carbonyl (C=O) groups excluding carboxylic acids is 1. The van der Waals surface area contributed by atoms with Gasteiger partial charge in [-0.25, -0.2) is 0 Å². The molecule has 2 N–H and O–H groups in total. The normalized spacial score (nSPS) is 10.6. The molecular weight excluding hydrogens is 321 g/mol. The first-order valence-corrected chi connectivity index (χ1v) is 7.26. The van der Waals surface area contributed by atoms with Crippen LogP contribution in [0.15, 0.2) is 59.0 Å². The van der Waals surface area contributed by atoms with Crippen molar-refractivity contribution >= 4 is 34.9 Å². The van der Waals surface area contributed by atoms with Gasteiger partial charge in [-0.15, -0.1) is 0 Å². The first-order valence-electron chi connectivity index (χ1n) is 6.50. The molecular formula is C17H11Cl2NO2. The van der Waals surface area contributed by atoms with Crippen molar-refractivity contribution in [2.45, 2.75) is 0 Å². The van der Waals surface area contributed by atoms with Gasteiger partial charge in [-0.3, -0.25) is 4.79 Å². The highest BCUT2D eigenvalue weighted by Gasteiger charge is 2.18. The Balaban J connectivity index is 1.97. The van der Waals surface area contributed by atoms with Crippen LogP contribution >= 0.6 is 23.2 Å². The van der Waals surface area contributed by atoms with E-state index in [2.05, 4.69) is 0 Å². The maximum absolute atomic E-state index is 12.5. The summed E-state index contributed by atoms with van der Waals surface area (Å²) >= 11 is 11.7. The van der Waals surface area contributed by atoms with E-state index in [0.29, 0.717) is 26.9 Å². The lowest BCUT2D eigenvalue weighted by Gasteiger charge is -1.98. The number of anilines is 1. The molecule has 0 aliphatic rings. The van der Waals surface area contributed by atoms with Crippen molar-refractivity contribution in [1.29, 1.82) is 0 Å². The molecule has 5 heteroatoms. The molecule has 22 heavy (non-hydrogen) atoms. The molecule has 0 spiro atoms. The fourth-order valence-electron chi connectivity index (χ4n) is 2.10. The number of furan rings is 1. The second kappa shape index (κ2) is 5.87. The molecule has 2 aromatic carbocycles. The van der Waals surface area contributed by atoms with Crippen molar-refractivity contribution in [1.82, 2.24) is 0 Å². The number of hydrogen-bond donors (Lipinski definition) is 1. The minimum absolute atomic E-state index is 0.0879. The summed E-state index contributed by atoms with van der Waals surface area (Å²) < 4.78 is 5.49. The summed E-state index contributed by atoms with van der Waals surface area (Å²) in [6.07, 6.45) is 0. The number of rotatable bonds is 3. The highest BCUT2D eigenvalue weighted by Crippen LogP contribution is 2.29. The quantitative estimate of drug-likeness (QED) is 0.682. The van der Waals surface area contributed by atoms with E-state index >= 15 is 0 Å². The summed E-state index contributed by atoms with van der Waals surface area (Å²) in [7, 11) is 0. The van der Waals surface area contributed by atoms with Gasteiger partial charge in [-0.1, -0.05) is 23.2 Å². The third-order valence-electron chi connectivity index (χ3n) is 3.24. The Morgan fingerprint density at radius 2 is 1.45 bits per heavy atom. The number of benzene rings is 2. The lowest BCUT2D eigenvalue weighted by atomic mass is 10.0. The number of nitrogen functional groups attached to an aromatic ring is 1. The van der Waals surface area contributed by atoms with Gasteiger partial charge in [0.2, 0.25) is 5.88 Å². The van der Waals surface area contributed by atoms with Gasteiger partial charge in [-0.05, 0) is 54.6 Å². The molecule has 1 heterocycles. The summed E-state index contributed by atoms with van der Waals surface area (Å²) in [6.45, 7) is 0. The Hall–Kier alpha value is -2.23.